The molecule has 4 heterocycles. The maximum Gasteiger partial charge on any atom is 0.0397 e. The molecule has 0 aliphatic carbocycles. The molecule has 0 unspecified atom stereocenters. The number of aryl methyl sites for hydroxylation is 2. The summed E-state index contributed by atoms with van der Waals surface area (Å²) in [4.78, 5) is 0. The van der Waals surface area contributed by atoms with Crippen LogP contribution in [-0.4, -0.2) is 24.6 Å². The highest BCUT2D eigenvalue weighted by Gasteiger charge is 2.25. The second-order valence-corrected chi connectivity index (χ2v) is 21.8. The van der Waals surface area contributed by atoms with Gasteiger partial charge in [0.1, 0.15) is 0 Å². The predicted molar refractivity (Wildman–Crippen MR) is 206 cm³/mol. The van der Waals surface area contributed by atoms with Crippen LogP contribution in [0.4, 0.5) is 0 Å². The first kappa shape index (κ1) is 29.6. The van der Waals surface area contributed by atoms with Gasteiger partial charge in [0.15, 0.2) is 0 Å². The molecule has 7 aromatic rings. The van der Waals surface area contributed by atoms with Crippen LogP contribution in [-0.2, 0) is 12.8 Å². The van der Waals surface area contributed by atoms with Gasteiger partial charge in [0.25, 0.3) is 0 Å². The lowest BCUT2D eigenvalue weighted by atomic mass is 9.92. The fraction of sp³-hybridized carbons (Fsp3) is 0.389. The predicted octanol–water partition coefficient (Wildman–Crippen LogP) is 13.1. The zero-order chi connectivity index (χ0) is 29.1. The highest BCUT2D eigenvalue weighted by molar-refractivity contribution is 7.72. The minimum absolute atomic E-state index is 0.0614. The van der Waals surface area contributed by atoms with Crippen LogP contribution in [0.5, 0.6) is 0 Å². The van der Waals surface area contributed by atoms with Gasteiger partial charge in [-0.25, -0.2) is 0 Å². The summed E-state index contributed by atoms with van der Waals surface area (Å²) in [7, 11) is -0.123. The minimum Gasteiger partial charge on any atom is -0.135 e. The molecule has 0 radical (unpaired) electrons. The van der Waals surface area contributed by atoms with E-state index in [1.807, 2.05) is 0 Å². The minimum atomic E-state index is -0.0614. The summed E-state index contributed by atoms with van der Waals surface area (Å²) in [6, 6.07) is 15.0. The second-order valence-electron chi connectivity index (χ2n) is 11.3. The molecule has 0 aliphatic rings. The van der Waals surface area contributed by atoms with Crippen LogP contribution in [0.25, 0.3) is 60.5 Å². The summed E-state index contributed by atoms with van der Waals surface area (Å²) in [6.07, 6.45) is 9.86. The molecule has 0 nitrogen and oxygen atoms in total. The summed E-state index contributed by atoms with van der Waals surface area (Å²) in [6.45, 7) is 14.2. The van der Waals surface area contributed by atoms with Gasteiger partial charge in [0, 0.05) is 69.8 Å². The number of hydrogen-bond donors (Lipinski definition) is 0. The normalized spacial score (nSPS) is 12.8. The SMILES string of the molecule is CCCc1c(CCC)c2sc3ccc4sc(P(CC)CC)cc4c3c2c2c1sc1ccc3sc(P(CC)CC)cc3c12. The molecule has 3 aromatic carbocycles. The molecule has 7 rings (SSSR count). The summed E-state index contributed by atoms with van der Waals surface area (Å²) < 4.78 is 12.3. The van der Waals surface area contributed by atoms with E-state index in [0.717, 1.165) is 0 Å². The molecule has 4 aromatic heterocycles. The highest BCUT2D eigenvalue weighted by Crippen LogP contribution is 2.53. The average molecular weight is 663 g/mol. The Morgan fingerprint density at radius 2 is 0.857 bits per heavy atom. The molecule has 0 amide bonds. The molecule has 0 bridgehead atoms. The lowest BCUT2D eigenvalue weighted by Gasteiger charge is -2.13. The zero-order valence-corrected chi connectivity index (χ0v) is 30.7. The van der Waals surface area contributed by atoms with Crippen molar-refractivity contribution in [3.63, 3.8) is 0 Å². The van der Waals surface area contributed by atoms with Crippen LogP contribution in [0.1, 0.15) is 65.5 Å². The third kappa shape index (κ3) is 4.54. The van der Waals surface area contributed by atoms with Crippen molar-refractivity contribution in [1.82, 2.24) is 0 Å². The van der Waals surface area contributed by atoms with Gasteiger partial charge < -0.3 is 0 Å². The monoisotopic (exact) mass is 662 g/mol. The van der Waals surface area contributed by atoms with Gasteiger partial charge in [-0.2, -0.15) is 0 Å². The fourth-order valence-electron chi connectivity index (χ4n) is 6.98. The molecule has 0 saturated carbocycles. The average Bonchev–Trinajstić information content (AvgIpc) is 3.77. The van der Waals surface area contributed by atoms with Crippen LogP contribution in [0, 0.1) is 0 Å². The Bertz CT molecular complexity index is 1930. The zero-order valence-electron chi connectivity index (χ0n) is 25.6. The number of fused-ring (bicyclic) bond motifs is 11. The lowest BCUT2D eigenvalue weighted by Crippen LogP contribution is -1.97. The first-order valence-corrected chi connectivity index (χ1v) is 22.5. The molecule has 0 atom stereocenters. The van der Waals surface area contributed by atoms with Crippen LogP contribution in [0.15, 0.2) is 36.4 Å². The molecular formula is C36H40P2S4. The lowest BCUT2D eigenvalue weighted by molar-refractivity contribution is 0.877. The molecule has 6 heteroatoms. The topological polar surface area (TPSA) is 0 Å². The van der Waals surface area contributed by atoms with Gasteiger partial charge in [-0.3, -0.25) is 0 Å². The number of hydrogen-bond acceptors (Lipinski definition) is 4. The third-order valence-corrected chi connectivity index (χ3v) is 19.9. The van der Waals surface area contributed by atoms with E-state index in [1.165, 1.54) is 79.9 Å². The van der Waals surface area contributed by atoms with Gasteiger partial charge >= 0.3 is 0 Å². The highest BCUT2D eigenvalue weighted by atomic mass is 32.1. The van der Waals surface area contributed by atoms with E-state index >= 15 is 0 Å². The summed E-state index contributed by atoms with van der Waals surface area (Å²) >= 11 is 8.31. The van der Waals surface area contributed by atoms with Crippen molar-refractivity contribution in [2.24, 2.45) is 0 Å². The van der Waals surface area contributed by atoms with E-state index in [0.29, 0.717) is 0 Å². The third-order valence-electron chi connectivity index (χ3n) is 8.99. The van der Waals surface area contributed by atoms with Crippen molar-refractivity contribution in [2.45, 2.75) is 67.2 Å². The summed E-state index contributed by atoms with van der Waals surface area (Å²) in [5.41, 5.74) is 3.29. The molecule has 218 valence electrons. The molecular weight excluding hydrogens is 623 g/mol. The fourth-order valence-corrected chi connectivity index (χ4v) is 17.2. The van der Waals surface area contributed by atoms with Gasteiger partial charge in [0.2, 0.25) is 0 Å². The Morgan fingerprint density at radius 3 is 1.21 bits per heavy atom. The van der Waals surface area contributed by atoms with E-state index in [9.17, 15) is 0 Å². The number of rotatable bonds is 10. The number of thiophene rings is 4. The Kier molecular flexibility index (Phi) is 8.45. The van der Waals surface area contributed by atoms with Crippen LogP contribution < -0.4 is 9.24 Å². The first-order chi connectivity index (χ1) is 20.6. The standard InChI is InChI=1S/C36H40P2S4/c1-7-13-21-22(14-8-2)36-34(32-24-20-30(38(11-5)12-6)40-26(24)16-18-28(32)42-36)33-31-23-19-29(37(9-3)10-4)39-25(23)15-17-27(31)41-35(21)33/h15-20H,7-14H2,1-6H3. The summed E-state index contributed by atoms with van der Waals surface area (Å²) in [5.74, 6) is 0. The van der Waals surface area contributed by atoms with Gasteiger partial charge in [-0.05, 0) is 85.0 Å². The largest absolute Gasteiger partial charge is 0.135 e. The van der Waals surface area contributed by atoms with Crippen molar-refractivity contribution in [1.29, 1.82) is 0 Å². The molecule has 42 heavy (non-hydrogen) atoms. The van der Waals surface area contributed by atoms with Crippen molar-refractivity contribution < 1.29 is 0 Å². The van der Waals surface area contributed by atoms with E-state index in [2.05, 4.69) is 123 Å². The smallest absolute Gasteiger partial charge is 0.0397 e. The molecule has 0 N–H and O–H groups in total. The van der Waals surface area contributed by atoms with Crippen LogP contribution in [0.3, 0.4) is 0 Å². The van der Waals surface area contributed by atoms with Crippen molar-refractivity contribution in [2.75, 3.05) is 24.6 Å². The Hall–Kier alpha value is -1.12. The molecule has 0 fully saturated rings. The van der Waals surface area contributed by atoms with E-state index in [4.69, 9.17) is 0 Å². The van der Waals surface area contributed by atoms with E-state index in [-0.39, 0.29) is 15.8 Å². The number of benzene rings is 3. The molecule has 0 saturated heterocycles. The van der Waals surface area contributed by atoms with Gasteiger partial charge in [0.05, 0.1) is 0 Å². The van der Waals surface area contributed by atoms with Crippen molar-refractivity contribution >= 4 is 131 Å². The van der Waals surface area contributed by atoms with E-state index in [1.54, 1.807) is 51.3 Å². The second kappa shape index (κ2) is 12.0. The Labute approximate surface area is 268 Å². The van der Waals surface area contributed by atoms with Gasteiger partial charge in [-0.15, -0.1) is 45.3 Å². The maximum absolute atomic E-state index is 2.61. The van der Waals surface area contributed by atoms with E-state index < -0.39 is 0 Å². The maximum atomic E-state index is 2.61. The van der Waals surface area contributed by atoms with Gasteiger partial charge in [-0.1, -0.05) is 70.2 Å². The van der Waals surface area contributed by atoms with Crippen LogP contribution in [0.2, 0.25) is 0 Å². The van der Waals surface area contributed by atoms with Crippen molar-refractivity contribution in [3.8, 4) is 0 Å². The Balaban J connectivity index is 1.70. The first-order valence-electron chi connectivity index (χ1n) is 15.8. The molecule has 0 aliphatic heterocycles. The summed E-state index contributed by atoms with van der Waals surface area (Å²) in [5, 5.41) is 9.25. The Morgan fingerprint density at radius 1 is 0.476 bits per heavy atom. The van der Waals surface area contributed by atoms with Crippen molar-refractivity contribution in [3.05, 3.63) is 47.5 Å². The van der Waals surface area contributed by atoms with Crippen LogP contribution >= 0.6 is 61.2 Å². The molecule has 0 spiro atoms. The quantitative estimate of drug-likeness (QED) is 0.128.